The number of anilines is 3. The van der Waals surface area contributed by atoms with Crippen molar-refractivity contribution in [3.05, 3.63) is 41.0 Å². The molecule has 0 bridgehead atoms. The highest BCUT2D eigenvalue weighted by Crippen LogP contribution is 2.28. The van der Waals surface area contributed by atoms with Crippen molar-refractivity contribution in [2.75, 3.05) is 10.6 Å². The van der Waals surface area contributed by atoms with Crippen molar-refractivity contribution in [3.63, 3.8) is 0 Å². The fourth-order valence-corrected chi connectivity index (χ4v) is 1.85. The molecule has 1 aromatic carbocycles. The quantitative estimate of drug-likeness (QED) is 0.885. The fraction of sp³-hybridized carbons (Fsp3) is 0.214. The van der Waals surface area contributed by atoms with Crippen LogP contribution >= 0.6 is 11.6 Å². The standard InChI is InChI=1S/C14H12ClN4O/c15-12-7-16-14(19-13(12)17-10-5-6-10)18-11-3-1-9(8-20)2-4-11/h1-4,7,10H,5-6H2,(H2,16,17,18,19). The lowest BCUT2D eigenvalue weighted by molar-refractivity contribution is 0.563. The number of rotatable bonds is 5. The van der Waals surface area contributed by atoms with E-state index in [1.165, 1.54) is 0 Å². The monoisotopic (exact) mass is 287 g/mol. The summed E-state index contributed by atoms with van der Waals surface area (Å²) in [5, 5.41) is 6.83. The lowest BCUT2D eigenvalue weighted by atomic mass is 10.2. The van der Waals surface area contributed by atoms with Gasteiger partial charge in [0.1, 0.15) is 5.02 Å². The van der Waals surface area contributed by atoms with E-state index in [2.05, 4.69) is 20.6 Å². The van der Waals surface area contributed by atoms with Crippen LogP contribution in [0.5, 0.6) is 0 Å². The smallest absolute Gasteiger partial charge is 0.233 e. The maximum atomic E-state index is 10.5. The van der Waals surface area contributed by atoms with Crippen molar-refractivity contribution in [2.45, 2.75) is 18.9 Å². The van der Waals surface area contributed by atoms with Gasteiger partial charge in [0.25, 0.3) is 0 Å². The van der Waals surface area contributed by atoms with Gasteiger partial charge >= 0.3 is 0 Å². The molecule has 0 aliphatic heterocycles. The van der Waals surface area contributed by atoms with Gasteiger partial charge in [0.2, 0.25) is 12.2 Å². The number of nitrogens with zero attached hydrogens (tertiary/aromatic N) is 2. The number of carbonyl (C=O) groups excluding carboxylic acids is 1. The van der Waals surface area contributed by atoms with E-state index in [9.17, 15) is 4.79 Å². The van der Waals surface area contributed by atoms with Crippen molar-refractivity contribution in [3.8, 4) is 0 Å². The molecule has 0 unspecified atom stereocenters. The van der Waals surface area contributed by atoms with Gasteiger partial charge in [0.15, 0.2) is 5.82 Å². The van der Waals surface area contributed by atoms with Gasteiger partial charge in [-0.1, -0.05) is 11.6 Å². The van der Waals surface area contributed by atoms with E-state index in [1.807, 2.05) is 6.29 Å². The minimum Gasteiger partial charge on any atom is -0.366 e. The van der Waals surface area contributed by atoms with Gasteiger partial charge in [-0.25, -0.2) is 4.98 Å². The highest BCUT2D eigenvalue weighted by molar-refractivity contribution is 6.32. The normalized spacial score (nSPS) is 13.8. The van der Waals surface area contributed by atoms with Crippen molar-refractivity contribution >= 4 is 35.3 Å². The van der Waals surface area contributed by atoms with Gasteiger partial charge in [0, 0.05) is 17.3 Å². The minimum absolute atomic E-state index is 0.459. The molecule has 0 amide bonds. The third kappa shape index (κ3) is 3.05. The Bertz CT molecular complexity index is 626. The van der Waals surface area contributed by atoms with Crippen LogP contribution in [0.2, 0.25) is 5.02 Å². The fourth-order valence-electron chi connectivity index (χ4n) is 1.70. The molecular weight excluding hydrogens is 276 g/mol. The average molecular weight is 288 g/mol. The van der Waals surface area contributed by atoms with Crippen LogP contribution in [0.15, 0.2) is 30.5 Å². The Morgan fingerprint density at radius 1 is 1.25 bits per heavy atom. The number of hydrogen-bond acceptors (Lipinski definition) is 5. The molecule has 101 valence electrons. The second-order valence-electron chi connectivity index (χ2n) is 4.61. The SMILES string of the molecule is O=[C]c1ccc(Nc2ncc(Cl)c(NC3CC3)n2)cc1. The predicted octanol–water partition coefficient (Wildman–Crippen LogP) is 2.91. The van der Waals surface area contributed by atoms with E-state index in [-0.39, 0.29) is 0 Å². The van der Waals surface area contributed by atoms with E-state index >= 15 is 0 Å². The van der Waals surface area contributed by atoms with Crippen molar-refractivity contribution in [1.29, 1.82) is 0 Å². The summed E-state index contributed by atoms with van der Waals surface area (Å²) in [4.78, 5) is 19.0. The summed E-state index contributed by atoms with van der Waals surface area (Å²) in [5.41, 5.74) is 1.30. The molecule has 0 saturated heterocycles. The minimum atomic E-state index is 0.459. The first-order valence-corrected chi connectivity index (χ1v) is 6.67. The molecule has 0 atom stereocenters. The number of halogens is 1. The summed E-state index contributed by atoms with van der Waals surface area (Å²) in [5.74, 6) is 1.10. The number of hydrogen-bond donors (Lipinski definition) is 2. The van der Waals surface area contributed by atoms with Crippen LogP contribution in [0.3, 0.4) is 0 Å². The molecule has 2 aromatic rings. The molecule has 1 heterocycles. The molecule has 1 aliphatic carbocycles. The van der Waals surface area contributed by atoms with Crippen molar-refractivity contribution in [2.24, 2.45) is 0 Å². The first-order chi connectivity index (χ1) is 9.74. The van der Waals surface area contributed by atoms with Crippen LogP contribution < -0.4 is 10.6 Å². The Balaban J connectivity index is 1.76. The third-order valence-corrected chi connectivity index (χ3v) is 3.20. The van der Waals surface area contributed by atoms with E-state index < -0.39 is 0 Å². The van der Waals surface area contributed by atoms with E-state index in [1.54, 1.807) is 30.5 Å². The molecular formula is C14H12ClN4O. The second-order valence-corrected chi connectivity index (χ2v) is 5.02. The largest absolute Gasteiger partial charge is 0.366 e. The summed E-state index contributed by atoms with van der Waals surface area (Å²) in [6.45, 7) is 0. The van der Waals surface area contributed by atoms with Gasteiger partial charge in [0.05, 0.1) is 6.20 Å². The summed E-state index contributed by atoms with van der Waals surface area (Å²) in [6.07, 6.45) is 5.68. The summed E-state index contributed by atoms with van der Waals surface area (Å²) in [7, 11) is 0. The molecule has 20 heavy (non-hydrogen) atoms. The zero-order chi connectivity index (χ0) is 13.9. The molecule has 1 aromatic heterocycles. The van der Waals surface area contributed by atoms with E-state index in [0.717, 1.165) is 18.5 Å². The second kappa shape index (κ2) is 5.46. The number of nitrogens with one attached hydrogen (secondary N) is 2. The Kier molecular flexibility index (Phi) is 3.52. The summed E-state index contributed by atoms with van der Waals surface area (Å²) in [6, 6.07) is 7.36. The zero-order valence-electron chi connectivity index (χ0n) is 10.6. The highest BCUT2D eigenvalue weighted by Gasteiger charge is 2.22. The van der Waals surface area contributed by atoms with Gasteiger partial charge in [-0.2, -0.15) is 4.98 Å². The molecule has 1 aliphatic rings. The van der Waals surface area contributed by atoms with Crippen molar-refractivity contribution < 1.29 is 4.79 Å². The Morgan fingerprint density at radius 2 is 2.00 bits per heavy atom. The van der Waals surface area contributed by atoms with Crippen molar-refractivity contribution in [1.82, 2.24) is 9.97 Å². The van der Waals surface area contributed by atoms with Crippen LogP contribution in [0.25, 0.3) is 0 Å². The number of aromatic nitrogens is 2. The molecule has 0 spiro atoms. The lowest BCUT2D eigenvalue weighted by Gasteiger charge is -2.09. The van der Waals surface area contributed by atoms with Crippen LogP contribution in [-0.2, 0) is 4.79 Å². The number of benzene rings is 1. The first-order valence-electron chi connectivity index (χ1n) is 6.29. The van der Waals surface area contributed by atoms with Crippen LogP contribution in [0.1, 0.15) is 18.4 Å². The van der Waals surface area contributed by atoms with Gasteiger partial charge in [-0.15, -0.1) is 0 Å². The Hall–Kier alpha value is -2.14. The topological polar surface area (TPSA) is 66.9 Å². The maximum absolute atomic E-state index is 10.5. The molecule has 1 fully saturated rings. The zero-order valence-corrected chi connectivity index (χ0v) is 11.3. The lowest BCUT2D eigenvalue weighted by Crippen LogP contribution is -2.06. The average Bonchev–Trinajstić information content (AvgIpc) is 3.27. The molecule has 1 radical (unpaired) electrons. The summed E-state index contributed by atoms with van der Waals surface area (Å²) >= 11 is 6.05. The van der Waals surface area contributed by atoms with E-state index in [0.29, 0.717) is 28.4 Å². The molecule has 6 heteroatoms. The Morgan fingerprint density at radius 3 is 2.65 bits per heavy atom. The van der Waals surface area contributed by atoms with E-state index in [4.69, 9.17) is 11.6 Å². The molecule has 5 nitrogen and oxygen atoms in total. The van der Waals surface area contributed by atoms with Crippen LogP contribution in [0, 0.1) is 0 Å². The Labute approximate surface area is 121 Å². The van der Waals surface area contributed by atoms with Crippen LogP contribution in [0.4, 0.5) is 17.5 Å². The molecule has 1 saturated carbocycles. The predicted molar refractivity (Wildman–Crippen MR) is 78.2 cm³/mol. The van der Waals surface area contributed by atoms with Gasteiger partial charge < -0.3 is 10.6 Å². The highest BCUT2D eigenvalue weighted by atomic mass is 35.5. The first kappa shape index (κ1) is 12.9. The summed E-state index contributed by atoms with van der Waals surface area (Å²) < 4.78 is 0. The molecule has 3 rings (SSSR count). The third-order valence-electron chi connectivity index (χ3n) is 2.92. The maximum Gasteiger partial charge on any atom is 0.233 e. The van der Waals surface area contributed by atoms with Gasteiger partial charge in [-0.05, 0) is 37.1 Å². The molecule has 2 N–H and O–H groups in total. The van der Waals surface area contributed by atoms with Crippen LogP contribution in [-0.4, -0.2) is 22.3 Å². The van der Waals surface area contributed by atoms with Gasteiger partial charge in [-0.3, -0.25) is 4.79 Å².